The Bertz CT molecular complexity index is 2770. The molecule has 0 spiro atoms. The highest BCUT2D eigenvalue weighted by molar-refractivity contribution is 6.22. The molecule has 0 unspecified atom stereocenters. The van der Waals surface area contributed by atoms with Crippen LogP contribution in [-0.4, -0.2) is 0 Å². The normalized spacial score (nSPS) is 15.1. The quantitative estimate of drug-likeness (QED) is 0.200. The van der Waals surface area contributed by atoms with E-state index in [1.165, 1.54) is 0 Å². The molecule has 42 heavy (non-hydrogen) atoms. The molecule has 0 saturated heterocycles. The lowest BCUT2D eigenvalue weighted by Gasteiger charge is -2.19. The first kappa shape index (κ1) is 15.6. The smallest absolute Gasteiger partial charge is 0.134 e. The second-order valence-electron chi connectivity index (χ2n) is 10.0. The monoisotopic (exact) mass is 547 g/mol. The summed E-state index contributed by atoms with van der Waals surface area (Å²) in [6.07, 6.45) is 0. The van der Waals surface area contributed by atoms with Crippen molar-refractivity contribution in [3.63, 3.8) is 0 Å². The molecule has 0 aliphatic heterocycles. The lowest BCUT2D eigenvalue weighted by Crippen LogP contribution is -1.92. The van der Waals surface area contributed by atoms with E-state index < -0.39 is 54.4 Å². The third kappa shape index (κ3) is 3.86. The number of furan rings is 1. The summed E-state index contributed by atoms with van der Waals surface area (Å²) in [5, 5.41) is -0.138. The van der Waals surface area contributed by atoms with Crippen LogP contribution >= 0.6 is 0 Å². The van der Waals surface area contributed by atoms with Gasteiger partial charge in [0.15, 0.2) is 0 Å². The number of aryl methyl sites for hydroxylation is 1. The van der Waals surface area contributed by atoms with E-state index in [-0.39, 0.29) is 61.3 Å². The lowest BCUT2D eigenvalue weighted by molar-refractivity contribution is 0.580. The van der Waals surface area contributed by atoms with Crippen molar-refractivity contribution >= 4 is 32.5 Å². The standard InChI is InChI=1S/C41H28O/c1-27-39(29-16-6-3-7-17-29)37-26-30(24-25-38(37)42-27)40-33-20-10-12-22-35(33)41(36-23-13-11-21-34(36)40)32-19-9-8-18-31(32)28-14-4-2-5-15-28/h2-26H,1H3/i10D,11D,12D,13D,20D,21D,22D,23D,24D,25D,26D. The zero-order chi connectivity index (χ0) is 37.6. The molecule has 0 amide bonds. The molecule has 1 nitrogen and oxygen atoms in total. The van der Waals surface area contributed by atoms with E-state index in [9.17, 15) is 8.22 Å². The van der Waals surface area contributed by atoms with Gasteiger partial charge in [0.2, 0.25) is 0 Å². The van der Waals surface area contributed by atoms with Crippen molar-refractivity contribution in [1.82, 2.24) is 0 Å². The van der Waals surface area contributed by atoms with Crippen LogP contribution in [0.1, 0.15) is 20.8 Å². The topological polar surface area (TPSA) is 13.1 Å². The van der Waals surface area contributed by atoms with Crippen LogP contribution in [0.3, 0.4) is 0 Å². The number of hydrogen-bond donors (Lipinski definition) is 0. The van der Waals surface area contributed by atoms with Crippen LogP contribution in [0.4, 0.5) is 0 Å². The molecule has 1 aromatic heterocycles. The molecule has 8 rings (SSSR count). The van der Waals surface area contributed by atoms with E-state index in [4.69, 9.17) is 11.3 Å². The highest BCUT2D eigenvalue weighted by Gasteiger charge is 2.20. The molecule has 0 N–H and O–H groups in total. The molecule has 7 aromatic carbocycles. The van der Waals surface area contributed by atoms with Gasteiger partial charge in [-0.15, -0.1) is 0 Å². The van der Waals surface area contributed by atoms with E-state index in [1.807, 2.05) is 72.8 Å². The zero-order valence-corrected chi connectivity index (χ0v) is 22.5. The van der Waals surface area contributed by atoms with Gasteiger partial charge in [0.25, 0.3) is 0 Å². The molecule has 0 radical (unpaired) electrons. The number of hydrogen-bond acceptors (Lipinski definition) is 1. The lowest BCUT2D eigenvalue weighted by atomic mass is 9.83. The van der Waals surface area contributed by atoms with Gasteiger partial charge in [-0.25, -0.2) is 0 Å². The predicted octanol–water partition coefficient (Wildman–Crippen LogP) is 11.7. The van der Waals surface area contributed by atoms with Gasteiger partial charge < -0.3 is 4.42 Å². The predicted molar refractivity (Wildman–Crippen MR) is 178 cm³/mol. The maximum Gasteiger partial charge on any atom is 0.134 e. The van der Waals surface area contributed by atoms with E-state index in [0.717, 1.165) is 5.56 Å². The second kappa shape index (κ2) is 9.90. The van der Waals surface area contributed by atoms with E-state index >= 15 is 0 Å². The van der Waals surface area contributed by atoms with Gasteiger partial charge in [0, 0.05) is 10.9 Å². The van der Waals surface area contributed by atoms with Crippen LogP contribution in [-0.2, 0) is 0 Å². The fourth-order valence-electron chi connectivity index (χ4n) is 5.82. The first-order chi connectivity index (χ1) is 25.4. The van der Waals surface area contributed by atoms with E-state index in [0.29, 0.717) is 28.0 Å². The van der Waals surface area contributed by atoms with Gasteiger partial charge in [-0.05, 0) is 79.5 Å². The maximum absolute atomic E-state index is 9.73. The fraction of sp³-hybridized carbons (Fsp3) is 0.0244. The minimum absolute atomic E-state index is 0.00840. The minimum Gasteiger partial charge on any atom is -0.461 e. The summed E-state index contributed by atoms with van der Waals surface area (Å²) >= 11 is 0. The van der Waals surface area contributed by atoms with Crippen molar-refractivity contribution in [2.45, 2.75) is 6.92 Å². The summed E-state index contributed by atoms with van der Waals surface area (Å²) in [6, 6.07) is 20.2. The average Bonchev–Trinajstić information content (AvgIpc) is 3.54. The molecular formula is C41H28O. The van der Waals surface area contributed by atoms with Gasteiger partial charge in [-0.1, -0.05) is 139 Å². The summed E-state index contributed by atoms with van der Waals surface area (Å²) in [5.41, 5.74) is 2.86. The third-order valence-electron chi connectivity index (χ3n) is 7.60. The first-order valence-corrected chi connectivity index (χ1v) is 13.6. The molecule has 1 heteroatoms. The maximum atomic E-state index is 9.73. The Morgan fingerprint density at radius 2 is 0.976 bits per heavy atom. The Morgan fingerprint density at radius 3 is 1.60 bits per heavy atom. The van der Waals surface area contributed by atoms with Gasteiger partial charge in [0.1, 0.15) is 11.3 Å². The molecule has 0 bridgehead atoms. The summed E-state index contributed by atoms with van der Waals surface area (Å²) in [7, 11) is 0. The molecule has 0 aliphatic rings. The Balaban J connectivity index is 1.70. The Kier molecular flexibility index (Phi) is 3.67. The molecule has 198 valence electrons. The molecule has 1 heterocycles. The van der Waals surface area contributed by atoms with Crippen molar-refractivity contribution in [1.29, 1.82) is 0 Å². The van der Waals surface area contributed by atoms with Crippen LogP contribution in [0.25, 0.3) is 77.0 Å². The van der Waals surface area contributed by atoms with Crippen LogP contribution < -0.4 is 0 Å². The minimum atomic E-state index is -0.597. The number of fused-ring (bicyclic) bond motifs is 3. The number of rotatable bonds is 4. The van der Waals surface area contributed by atoms with E-state index in [1.54, 1.807) is 19.1 Å². The van der Waals surface area contributed by atoms with Crippen molar-refractivity contribution < 1.29 is 19.5 Å². The molecule has 0 saturated carbocycles. The highest BCUT2D eigenvalue weighted by Crippen LogP contribution is 2.47. The summed E-state index contributed by atoms with van der Waals surface area (Å²) in [4.78, 5) is 0. The number of benzene rings is 7. The Morgan fingerprint density at radius 1 is 0.452 bits per heavy atom. The molecule has 0 atom stereocenters. The summed E-state index contributed by atoms with van der Waals surface area (Å²) in [5.74, 6) is 0.399. The van der Waals surface area contributed by atoms with Gasteiger partial charge >= 0.3 is 0 Å². The largest absolute Gasteiger partial charge is 0.461 e. The third-order valence-corrected chi connectivity index (χ3v) is 7.60. The van der Waals surface area contributed by atoms with Gasteiger partial charge in [-0.3, -0.25) is 0 Å². The molecule has 0 aliphatic carbocycles. The van der Waals surface area contributed by atoms with Crippen LogP contribution in [0.15, 0.2) is 156 Å². The van der Waals surface area contributed by atoms with Crippen molar-refractivity contribution in [2.75, 3.05) is 0 Å². The average molecular weight is 548 g/mol. The van der Waals surface area contributed by atoms with Crippen molar-refractivity contribution in [2.24, 2.45) is 0 Å². The van der Waals surface area contributed by atoms with Crippen LogP contribution in [0.5, 0.6) is 0 Å². The zero-order valence-electron chi connectivity index (χ0n) is 33.5. The van der Waals surface area contributed by atoms with Crippen LogP contribution in [0, 0.1) is 6.92 Å². The Labute approximate surface area is 260 Å². The Hall–Kier alpha value is -5.40. The van der Waals surface area contributed by atoms with Crippen molar-refractivity contribution in [3.8, 4) is 44.5 Å². The fourth-order valence-corrected chi connectivity index (χ4v) is 5.82. The molecule has 8 aromatic rings. The molecular weight excluding hydrogens is 508 g/mol. The molecule has 0 fully saturated rings. The van der Waals surface area contributed by atoms with Gasteiger partial charge in [-0.2, -0.15) is 0 Å². The highest BCUT2D eigenvalue weighted by atomic mass is 16.3. The first-order valence-electron chi connectivity index (χ1n) is 19.1. The summed E-state index contributed by atoms with van der Waals surface area (Å²) in [6.45, 7) is 1.70. The summed E-state index contributed by atoms with van der Waals surface area (Å²) < 4.78 is 107. The van der Waals surface area contributed by atoms with Gasteiger partial charge in [0.05, 0.1) is 15.1 Å². The van der Waals surface area contributed by atoms with Crippen LogP contribution in [0.2, 0.25) is 0 Å². The van der Waals surface area contributed by atoms with Crippen molar-refractivity contribution in [3.05, 3.63) is 157 Å². The SMILES string of the molecule is [2H]c1c(-c2c3c([2H])c([2H])c([2H])c([2H])c3c(-c3ccccc3-c3ccccc3)c3c([2H])c([2H])c([2H])c([2H])c23)c([2H])c2c(-c3ccccc3)c(C)oc2c1[2H]. The second-order valence-corrected chi connectivity index (χ2v) is 10.0. The van der Waals surface area contributed by atoms with E-state index in [2.05, 4.69) is 0 Å².